The van der Waals surface area contributed by atoms with Gasteiger partial charge in [-0.3, -0.25) is 18.9 Å². The van der Waals surface area contributed by atoms with Gasteiger partial charge in [-0.25, -0.2) is 13.9 Å². The molecule has 1 fully saturated rings. The topological polar surface area (TPSA) is 186 Å². The average molecular weight is 389 g/mol. The van der Waals surface area contributed by atoms with Crippen LogP contribution in [0.2, 0.25) is 0 Å². The fourth-order valence-corrected chi connectivity index (χ4v) is 2.94. The van der Waals surface area contributed by atoms with Gasteiger partial charge in [0.2, 0.25) is 11.6 Å². The predicted octanol–water partition coefficient (Wildman–Crippen LogP) is -1.59. The summed E-state index contributed by atoms with van der Waals surface area (Å²) in [6.45, 7) is -0.835. The van der Waals surface area contributed by atoms with Crippen LogP contribution in [-0.2, 0) is 13.8 Å². The normalized spacial score (nSPS) is 29.1. The Labute approximate surface area is 144 Å². The van der Waals surface area contributed by atoms with Crippen LogP contribution in [0.4, 0.5) is 10.3 Å². The van der Waals surface area contributed by atoms with Crippen molar-refractivity contribution >= 4 is 24.9 Å². The lowest BCUT2D eigenvalue weighted by Gasteiger charge is -2.23. The number of anilines is 1. The number of aliphatic hydroxyl groups excluding tert-OH is 1. The molecule has 0 aliphatic carbocycles. The highest BCUT2D eigenvalue weighted by Crippen LogP contribution is 2.44. The summed E-state index contributed by atoms with van der Waals surface area (Å²) in [4.78, 5) is 39.2. The zero-order valence-corrected chi connectivity index (χ0v) is 13.7. The number of H-pyrrole nitrogens is 1. The first kappa shape index (κ1) is 18.5. The first-order valence-electron chi connectivity index (χ1n) is 6.99. The molecule has 12 nitrogen and oxygen atoms in total. The number of aromatic amines is 1. The van der Waals surface area contributed by atoms with Crippen LogP contribution < -0.4 is 11.3 Å². The summed E-state index contributed by atoms with van der Waals surface area (Å²) in [7, 11) is -4.89. The Kier molecular flexibility index (Phi) is 4.35. The van der Waals surface area contributed by atoms with Gasteiger partial charge < -0.3 is 25.4 Å². The van der Waals surface area contributed by atoms with E-state index in [2.05, 4.69) is 19.5 Å². The predicted molar refractivity (Wildman–Crippen MR) is 83.1 cm³/mol. The molecule has 2 aromatic rings. The number of aromatic nitrogens is 4. The van der Waals surface area contributed by atoms with Gasteiger partial charge in [0, 0.05) is 0 Å². The number of nitrogens with two attached hydrogens (primary N) is 1. The van der Waals surface area contributed by atoms with Gasteiger partial charge in [-0.15, -0.1) is 6.42 Å². The summed E-state index contributed by atoms with van der Waals surface area (Å²) in [5, 5.41) is 10.1. The monoisotopic (exact) mass is 389 g/mol. The second-order valence-corrected chi connectivity index (χ2v) is 6.69. The number of hydrogen-bond acceptors (Lipinski definition) is 8. The van der Waals surface area contributed by atoms with Crippen molar-refractivity contribution in [2.75, 3.05) is 12.3 Å². The minimum absolute atomic E-state index is 0.155. The van der Waals surface area contributed by atoms with Crippen molar-refractivity contribution in [2.24, 2.45) is 0 Å². The molecule has 4 atom stereocenters. The fraction of sp³-hybridized carbons (Fsp3) is 0.417. The van der Waals surface area contributed by atoms with Gasteiger partial charge in [-0.1, -0.05) is 5.92 Å². The molecule has 1 unspecified atom stereocenters. The molecule has 1 aliphatic rings. The van der Waals surface area contributed by atoms with Gasteiger partial charge in [0.15, 0.2) is 17.4 Å². The smallest absolute Gasteiger partial charge is 0.386 e. The number of fused-ring (bicyclic) bond motifs is 1. The molecule has 0 saturated carbocycles. The van der Waals surface area contributed by atoms with Crippen LogP contribution in [0.25, 0.3) is 11.2 Å². The number of phosphoric acid groups is 1. The highest BCUT2D eigenvalue weighted by atomic mass is 31.2. The second kappa shape index (κ2) is 6.13. The van der Waals surface area contributed by atoms with E-state index >= 15 is 4.39 Å². The number of terminal acetylenes is 1. The molecule has 0 bridgehead atoms. The fourth-order valence-electron chi connectivity index (χ4n) is 2.60. The average Bonchev–Trinajstić information content (AvgIpc) is 3.06. The van der Waals surface area contributed by atoms with E-state index in [0.717, 1.165) is 10.9 Å². The molecule has 14 heteroatoms. The number of ether oxygens (including phenoxy) is 1. The first-order chi connectivity index (χ1) is 12.1. The minimum Gasteiger partial charge on any atom is -0.386 e. The third kappa shape index (κ3) is 2.99. The van der Waals surface area contributed by atoms with Gasteiger partial charge in [0.25, 0.3) is 5.56 Å². The van der Waals surface area contributed by atoms with Crippen LogP contribution in [0.3, 0.4) is 0 Å². The Morgan fingerprint density at radius 1 is 1.62 bits per heavy atom. The number of hydrogen-bond donors (Lipinski definition) is 5. The summed E-state index contributed by atoms with van der Waals surface area (Å²) in [5.74, 6) is 1.50. The maximum absolute atomic E-state index is 15.2. The van der Waals surface area contributed by atoms with Crippen LogP contribution >= 0.6 is 7.82 Å². The van der Waals surface area contributed by atoms with Crippen LogP contribution in [0, 0.1) is 12.3 Å². The van der Waals surface area contributed by atoms with Crippen molar-refractivity contribution in [3.63, 3.8) is 0 Å². The minimum atomic E-state index is -4.89. The summed E-state index contributed by atoms with van der Waals surface area (Å²) in [5.41, 5.74) is 1.63. The number of rotatable bonds is 4. The van der Waals surface area contributed by atoms with Crippen molar-refractivity contribution in [1.82, 2.24) is 19.5 Å². The van der Waals surface area contributed by atoms with Crippen molar-refractivity contribution in [3.05, 3.63) is 16.7 Å². The lowest BCUT2D eigenvalue weighted by Crippen LogP contribution is -2.42. The molecule has 1 aliphatic heterocycles. The number of aliphatic hydroxyl groups is 1. The molecular weight excluding hydrogens is 376 g/mol. The molecule has 0 spiro atoms. The van der Waals surface area contributed by atoms with E-state index in [-0.39, 0.29) is 17.1 Å². The number of imidazole rings is 1. The van der Waals surface area contributed by atoms with Crippen molar-refractivity contribution in [3.8, 4) is 12.3 Å². The highest BCUT2D eigenvalue weighted by molar-refractivity contribution is 7.46. The van der Waals surface area contributed by atoms with Crippen molar-refractivity contribution < 1.29 is 33.1 Å². The SMILES string of the molecule is C#C[C@@]1(F)[C@H](O)C(COP(=O)(O)O)O[C@H]1n1cnc2c(=O)[nH]c(N)nc21. The highest BCUT2D eigenvalue weighted by Gasteiger charge is 2.58. The quantitative estimate of drug-likeness (QED) is 0.301. The lowest BCUT2D eigenvalue weighted by atomic mass is 9.97. The Morgan fingerprint density at radius 3 is 2.92 bits per heavy atom. The van der Waals surface area contributed by atoms with E-state index in [0.29, 0.717) is 0 Å². The molecule has 26 heavy (non-hydrogen) atoms. The van der Waals surface area contributed by atoms with Gasteiger partial charge >= 0.3 is 7.82 Å². The third-order valence-electron chi connectivity index (χ3n) is 3.78. The molecule has 0 amide bonds. The number of halogens is 1. The maximum atomic E-state index is 15.2. The summed E-state index contributed by atoms with van der Waals surface area (Å²) >= 11 is 0. The molecular formula is C12H13FN5O7P. The summed E-state index contributed by atoms with van der Waals surface area (Å²) in [6.07, 6.45) is 1.02. The molecule has 2 aromatic heterocycles. The van der Waals surface area contributed by atoms with E-state index in [1.165, 1.54) is 0 Å². The molecule has 1 saturated heterocycles. The zero-order valence-electron chi connectivity index (χ0n) is 12.8. The number of alkyl halides is 1. The Morgan fingerprint density at radius 2 is 2.31 bits per heavy atom. The Bertz CT molecular complexity index is 996. The molecule has 140 valence electrons. The number of nitrogen functional groups attached to an aromatic ring is 1. The molecule has 6 N–H and O–H groups in total. The third-order valence-corrected chi connectivity index (χ3v) is 4.26. The Hall–Kier alpha value is -2.33. The van der Waals surface area contributed by atoms with Crippen molar-refractivity contribution in [1.29, 1.82) is 0 Å². The van der Waals surface area contributed by atoms with Gasteiger partial charge in [-0.05, 0) is 0 Å². The van der Waals surface area contributed by atoms with E-state index in [1.807, 2.05) is 0 Å². The van der Waals surface area contributed by atoms with Crippen LogP contribution in [0.15, 0.2) is 11.1 Å². The molecule has 0 radical (unpaired) electrons. The van der Waals surface area contributed by atoms with Crippen LogP contribution in [0.1, 0.15) is 6.23 Å². The lowest BCUT2D eigenvalue weighted by molar-refractivity contribution is -0.0496. The van der Waals surface area contributed by atoms with E-state index in [9.17, 15) is 14.5 Å². The largest absolute Gasteiger partial charge is 0.469 e. The number of nitrogens with zero attached hydrogens (tertiary/aromatic N) is 3. The first-order valence-corrected chi connectivity index (χ1v) is 8.52. The van der Waals surface area contributed by atoms with Crippen molar-refractivity contribution in [2.45, 2.75) is 24.1 Å². The Balaban J connectivity index is 2.03. The molecule has 3 heterocycles. The van der Waals surface area contributed by atoms with E-state index in [4.69, 9.17) is 26.7 Å². The zero-order chi connectivity index (χ0) is 19.3. The van der Waals surface area contributed by atoms with Gasteiger partial charge in [0.05, 0.1) is 12.9 Å². The summed E-state index contributed by atoms with van der Waals surface area (Å²) < 4.78 is 36.5. The number of nitrogens with one attached hydrogen (secondary N) is 1. The standard InChI is InChI=1S/C12H13FN5O7P/c1-2-12(13)7(19)5(3-24-26(21,22)23)25-10(12)18-4-15-6-8(18)16-11(14)17-9(6)20/h1,4-5,7,10,19H,3H2,(H2,21,22,23)(H3,14,16,17,20)/t5?,7-,10-,12-/m1/s1. The van der Waals surface area contributed by atoms with E-state index in [1.54, 1.807) is 5.92 Å². The molecule has 3 rings (SSSR count). The second-order valence-electron chi connectivity index (χ2n) is 5.45. The van der Waals surface area contributed by atoms with Gasteiger partial charge in [-0.2, -0.15) is 4.98 Å². The van der Waals surface area contributed by atoms with Gasteiger partial charge in [0.1, 0.15) is 12.2 Å². The maximum Gasteiger partial charge on any atom is 0.469 e. The molecule has 0 aromatic carbocycles. The van der Waals surface area contributed by atoms with Crippen LogP contribution in [-0.4, -0.2) is 58.9 Å². The van der Waals surface area contributed by atoms with E-state index < -0.39 is 44.1 Å². The summed E-state index contributed by atoms with van der Waals surface area (Å²) in [6, 6.07) is 0. The number of phosphoric ester groups is 1. The van der Waals surface area contributed by atoms with Crippen LogP contribution in [0.5, 0.6) is 0 Å².